The quantitative estimate of drug-likeness (QED) is 0.293. The highest BCUT2D eigenvalue weighted by atomic mass is 14.9. The molecule has 0 saturated heterocycles. The van der Waals surface area contributed by atoms with Gasteiger partial charge in [0.15, 0.2) is 0 Å². The third kappa shape index (κ3) is 2.53. The minimum atomic E-state index is -0.177. The average Bonchev–Trinajstić information content (AvgIpc) is 3.05. The maximum absolute atomic E-state index is 4.89. The highest BCUT2D eigenvalue weighted by Gasteiger charge is 2.40. The van der Waals surface area contributed by atoms with Crippen LogP contribution < -0.4 is 0 Å². The molecule has 4 aromatic carbocycles. The van der Waals surface area contributed by atoms with E-state index in [0.717, 1.165) is 11.4 Å². The first kappa shape index (κ1) is 19.2. The smallest absolute Gasteiger partial charge is 0.116 e. The van der Waals surface area contributed by atoms with E-state index >= 15 is 0 Å². The summed E-state index contributed by atoms with van der Waals surface area (Å²) in [4.78, 5) is 9.74. The Morgan fingerprint density at radius 3 is 2.16 bits per heavy atom. The first-order chi connectivity index (χ1) is 15.5. The van der Waals surface area contributed by atoms with E-state index < -0.39 is 0 Å². The predicted molar refractivity (Wildman–Crippen MR) is 134 cm³/mol. The van der Waals surface area contributed by atoms with Crippen molar-refractivity contribution in [2.45, 2.75) is 39.0 Å². The van der Waals surface area contributed by atoms with Crippen molar-refractivity contribution in [3.63, 3.8) is 0 Å². The van der Waals surface area contributed by atoms with Crippen molar-refractivity contribution in [2.75, 3.05) is 0 Å². The summed E-state index contributed by atoms with van der Waals surface area (Å²) in [6.45, 7) is 9.14. The molecule has 6 rings (SSSR count). The number of fused-ring (bicyclic) bond motifs is 6. The normalized spacial score (nSPS) is 14.2. The van der Waals surface area contributed by atoms with E-state index in [4.69, 9.17) is 9.97 Å². The van der Waals surface area contributed by atoms with Gasteiger partial charge in [0.05, 0.1) is 11.4 Å². The second-order valence-corrected chi connectivity index (χ2v) is 9.68. The van der Waals surface area contributed by atoms with Crippen LogP contribution in [-0.4, -0.2) is 9.97 Å². The van der Waals surface area contributed by atoms with Gasteiger partial charge >= 0.3 is 0 Å². The summed E-state index contributed by atoms with van der Waals surface area (Å²) < 4.78 is 0. The molecule has 156 valence electrons. The Balaban J connectivity index is 1.70. The molecule has 1 aliphatic carbocycles. The van der Waals surface area contributed by atoms with E-state index in [0.29, 0.717) is 5.92 Å². The van der Waals surface area contributed by atoms with Crippen molar-refractivity contribution in [1.82, 2.24) is 9.97 Å². The number of rotatable bonds is 2. The molecule has 0 radical (unpaired) electrons. The zero-order valence-electron chi connectivity index (χ0n) is 19.0. The number of hydrogen-bond acceptors (Lipinski definition) is 2. The molecule has 0 unspecified atom stereocenters. The van der Waals surface area contributed by atoms with Crippen molar-refractivity contribution >= 4 is 21.5 Å². The van der Waals surface area contributed by atoms with E-state index in [1.165, 1.54) is 49.4 Å². The van der Waals surface area contributed by atoms with Gasteiger partial charge in [-0.2, -0.15) is 0 Å². The van der Waals surface area contributed by atoms with Crippen LogP contribution in [0.4, 0.5) is 0 Å². The molecule has 0 N–H and O–H groups in total. The number of nitrogens with zero attached hydrogens (tertiary/aromatic N) is 2. The topological polar surface area (TPSA) is 25.8 Å². The molecule has 32 heavy (non-hydrogen) atoms. The number of aromatic nitrogens is 2. The fraction of sp³-hybridized carbons (Fsp3) is 0.200. The number of hydrogen-bond donors (Lipinski definition) is 0. The van der Waals surface area contributed by atoms with E-state index in [-0.39, 0.29) is 5.41 Å². The monoisotopic (exact) mass is 414 g/mol. The van der Waals surface area contributed by atoms with Gasteiger partial charge in [0.1, 0.15) is 6.33 Å². The van der Waals surface area contributed by atoms with Crippen LogP contribution in [0, 0.1) is 0 Å². The SMILES string of the molecule is CC(C)c1ccc(-c2ncnc3c2C(C)(C)c2ccc4ccccc4c2-3)c2ccccc12. The zero-order chi connectivity index (χ0) is 22.0. The molecule has 0 saturated carbocycles. The zero-order valence-corrected chi connectivity index (χ0v) is 19.0. The minimum Gasteiger partial charge on any atom is -0.236 e. The highest BCUT2D eigenvalue weighted by molar-refractivity contribution is 6.04. The van der Waals surface area contributed by atoms with Gasteiger partial charge in [-0.05, 0) is 38.6 Å². The Morgan fingerprint density at radius 2 is 1.38 bits per heavy atom. The lowest BCUT2D eigenvalue weighted by Gasteiger charge is -2.24. The number of benzene rings is 4. The lowest BCUT2D eigenvalue weighted by molar-refractivity contribution is 0.658. The van der Waals surface area contributed by atoms with Crippen LogP contribution in [0.3, 0.4) is 0 Å². The predicted octanol–water partition coefficient (Wildman–Crippen LogP) is 7.88. The van der Waals surface area contributed by atoms with Gasteiger partial charge in [-0.25, -0.2) is 9.97 Å². The molecule has 0 bridgehead atoms. The second kappa shape index (κ2) is 6.74. The fourth-order valence-corrected chi connectivity index (χ4v) is 5.59. The Bertz CT molecular complexity index is 1530. The van der Waals surface area contributed by atoms with E-state index in [2.05, 4.69) is 100 Å². The molecule has 2 heteroatoms. The van der Waals surface area contributed by atoms with Gasteiger partial charge in [0, 0.05) is 22.1 Å². The van der Waals surface area contributed by atoms with Crippen molar-refractivity contribution in [2.24, 2.45) is 0 Å². The van der Waals surface area contributed by atoms with Gasteiger partial charge in [0.2, 0.25) is 0 Å². The Kier molecular flexibility index (Phi) is 4.04. The molecule has 0 atom stereocenters. The third-order valence-corrected chi connectivity index (χ3v) is 7.15. The molecular weight excluding hydrogens is 388 g/mol. The molecule has 5 aromatic rings. The Morgan fingerprint density at radius 1 is 0.688 bits per heavy atom. The maximum Gasteiger partial charge on any atom is 0.116 e. The Labute approximate surface area is 189 Å². The standard InChI is InChI=1S/C30H26N2/c1-18(2)20-14-15-24(23-12-8-7-11-22(20)23)28-27-29(32-17-31-28)26-21-10-6-5-9-19(21)13-16-25(26)30(27,3)4/h5-18H,1-4H3. The molecule has 0 fully saturated rings. The van der Waals surface area contributed by atoms with Crippen molar-refractivity contribution < 1.29 is 0 Å². The lowest BCUT2D eigenvalue weighted by Crippen LogP contribution is -2.17. The van der Waals surface area contributed by atoms with E-state index in [1.807, 2.05) is 0 Å². The van der Waals surface area contributed by atoms with Gasteiger partial charge < -0.3 is 0 Å². The first-order valence-corrected chi connectivity index (χ1v) is 11.4. The summed E-state index contributed by atoms with van der Waals surface area (Å²) in [7, 11) is 0. The lowest BCUT2D eigenvalue weighted by atomic mass is 9.79. The second-order valence-electron chi connectivity index (χ2n) is 9.68. The van der Waals surface area contributed by atoms with E-state index in [9.17, 15) is 0 Å². The van der Waals surface area contributed by atoms with Crippen LogP contribution in [-0.2, 0) is 5.41 Å². The summed E-state index contributed by atoms with van der Waals surface area (Å²) in [5.41, 5.74) is 8.33. The molecule has 1 aromatic heterocycles. The van der Waals surface area contributed by atoms with Gasteiger partial charge in [-0.1, -0.05) is 100 Å². The summed E-state index contributed by atoms with van der Waals surface area (Å²) in [5, 5.41) is 5.09. The van der Waals surface area contributed by atoms with Gasteiger partial charge in [-0.15, -0.1) is 0 Å². The Hall–Kier alpha value is -3.52. The largest absolute Gasteiger partial charge is 0.236 e. The van der Waals surface area contributed by atoms with Crippen LogP contribution in [0.15, 0.2) is 79.1 Å². The maximum atomic E-state index is 4.89. The van der Waals surface area contributed by atoms with Crippen molar-refractivity contribution in [3.05, 3.63) is 95.8 Å². The molecule has 0 aliphatic heterocycles. The first-order valence-electron chi connectivity index (χ1n) is 11.4. The van der Waals surface area contributed by atoms with Crippen LogP contribution in [0.1, 0.15) is 50.3 Å². The summed E-state index contributed by atoms with van der Waals surface area (Å²) in [6.07, 6.45) is 1.74. The van der Waals surface area contributed by atoms with Gasteiger partial charge in [-0.3, -0.25) is 0 Å². The fourth-order valence-electron chi connectivity index (χ4n) is 5.59. The molecule has 0 spiro atoms. The van der Waals surface area contributed by atoms with E-state index in [1.54, 1.807) is 6.33 Å². The van der Waals surface area contributed by atoms with Crippen molar-refractivity contribution in [1.29, 1.82) is 0 Å². The van der Waals surface area contributed by atoms with Crippen LogP contribution in [0.2, 0.25) is 0 Å². The summed E-state index contributed by atoms with van der Waals surface area (Å²) in [5.74, 6) is 0.470. The summed E-state index contributed by atoms with van der Waals surface area (Å²) >= 11 is 0. The van der Waals surface area contributed by atoms with Crippen molar-refractivity contribution in [3.8, 4) is 22.5 Å². The molecule has 1 heterocycles. The average molecular weight is 415 g/mol. The molecular formula is C30H26N2. The third-order valence-electron chi connectivity index (χ3n) is 7.15. The van der Waals surface area contributed by atoms with Crippen LogP contribution in [0.25, 0.3) is 44.1 Å². The molecule has 2 nitrogen and oxygen atoms in total. The van der Waals surface area contributed by atoms with Crippen LogP contribution >= 0.6 is 0 Å². The summed E-state index contributed by atoms with van der Waals surface area (Å²) in [6, 6.07) is 26.4. The van der Waals surface area contributed by atoms with Gasteiger partial charge in [0.25, 0.3) is 0 Å². The minimum absolute atomic E-state index is 0.177. The molecule has 0 amide bonds. The molecule has 1 aliphatic rings. The highest BCUT2D eigenvalue weighted by Crippen LogP contribution is 2.53. The van der Waals surface area contributed by atoms with Crippen LogP contribution in [0.5, 0.6) is 0 Å².